The predicted octanol–water partition coefficient (Wildman–Crippen LogP) is 4.37. The Hall–Kier alpha value is -3.59. The maximum absolute atomic E-state index is 11.1. The number of methoxy groups -OCH3 is 3. The minimum absolute atomic E-state index is 0.111. The summed E-state index contributed by atoms with van der Waals surface area (Å²) in [6.45, 7) is 1.08. The lowest BCUT2D eigenvalue weighted by Gasteiger charge is -2.14. The minimum atomic E-state index is -0.510. The van der Waals surface area contributed by atoms with Gasteiger partial charge in [-0.2, -0.15) is 0 Å². The van der Waals surface area contributed by atoms with E-state index in [1.54, 1.807) is 38.6 Å². The lowest BCUT2D eigenvalue weighted by Crippen LogP contribution is -2.03. The predicted molar refractivity (Wildman–Crippen MR) is 110 cm³/mol. The maximum atomic E-state index is 11.1. The van der Waals surface area contributed by atoms with Gasteiger partial charge in [0.05, 0.1) is 31.3 Å². The molecule has 3 aromatic rings. The molecule has 0 aliphatic rings. The number of hydrogen-bond acceptors (Lipinski definition) is 8. The smallest absolute Gasteiger partial charge is 0.311 e. The number of nitrogens with zero attached hydrogens (tertiary/aromatic N) is 2. The molecule has 3 rings (SSSR count). The van der Waals surface area contributed by atoms with Gasteiger partial charge < -0.3 is 23.7 Å². The lowest BCUT2D eigenvalue weighted by atomic mass is 10.1. The molecule has 0 spiro atoms. The molecule has 0 radical (unpaired) electrons. The van der Waals surface area contributed by atoms with Crippen molar-refractivity contribution in [3.8, 4) is 28.7 Å². The van der Waals surface area contributed by atoms with Crippen molar-refractivity contribution in [1.29, 1.82) is 0 Å². The highest BCUT2D eigenvalue weighted by Gasteiger charge is 2.17. The summed E-state index contributed by atoms with van der Waals surface area (Å²) in [5.41, 5.74) is 0.519. The summed E-state index contributed by atoms with van der Waals surface area (Å²) in [6.07, 6.45) is 2.36. The van der Waals surface area contributed by atoms with Gasteiger partial charge in [-0.15, -0.1) is 0 Å². The first kappa shape index (κ1) is 21.1. The van der Waals surface area contributed by atoms with Gasteiger partial charge in [0.25, 0.3) is 0 Å². The lowest BCUT2D eigenvalue weighted by molar-refractivity contribution is -0.385. The molecule has 9 nitrogen and oxygen atoms in total. The van der Waals surface area contributed by atoms with Crippen molar-refractivity contribution >= 4 is 16.6 Å². The second-order valence-corrected chi connectivity index (χ2v) is 6.22. The van der Waals surface area contributed by atoms with Crippen LogP contribution in [-0.2, 0) is 4.74 Å². The summed E-state index contributed by atoms with van der Waals surface area (Å²) in [5, 5.41) is 11.8. The van der Waals surface area contributed by atoms with Crippen LogP contribution >= 0.6 is 0 Å². The Morgan fingerprint density at radius 2 is 1.73 bits per heavy atom. The molecule has 158 valence electrons. The van der Waals surface area contributed by atoms with Crippen molar-refractivity contribution in [1.82, 2.24) is 4.98 Å². The third-order valence-electron chi connectivity index (χ3n) is 4.31. The van der Waals surface area contributed by atoms with Crippen molar-refractivity contribution in [3.05, 3.63) is 52.7 Å². The van der Waals surface area contributed by atoms with Crippen LogP contribution in [0.5, 0.6) is 28.7 Å². The van der Waals surface area contributed by atoms with Crippen LogP contribution in [0.25, 0.3) is 10.9 Å². The molecular formula is C21H22N2O7. The van der Waals surface area contributed by atoms with Gasteiger partial charge in [0.15, 0.2) is 11.5 Å². The van der Waals surface area contributed by atoms with Gasteiger partial charge in [-0.3, -0.25) is 15.1 Å². The zero-order valence-electron chi connectivity index (χ0n) is 16.9. The summed E-state index contributed by atoms with van der Waals surface area (Å²) in [5.74, 6) is 2.13. The molecule has 0 saturated carbocycles. The van der Waals surface area contributed by atoms with E-state index >= 15 is 0 Å². The van der Waals surface area contributed by atoms with Crippen LogP contribution in [0, 0.1) is 10.1 Å². The Balaban J connectivity index is 1.92. The van der Waals surface area contributed by atoms with E-state index in [0.29, 0.717) is 47.1 Å². The van der Waals surface area contributed by atoms with Crippen LogP contribution in [0.2, 0.25) is 0 Å². The van der Waals surface area contributed by atoms with E-state index in [1.807, 2.05) is 0 Å². The van der Waals surface area contributed by atoms with Crippen LogP contribution < -0.4 is 18.9 Å². The molecule has 30 heavy (non-hydrogen) atoms. The minimum Gasteiger partial charge on any atom is -0.493 e. The first-order valence-corrected chi connectivity index (χ1v) is 9.16. The molecule has 1 heterocycles. The summed E-state index contributed by atoms with van der Waals surface area (Å²) < 4.78 is 27.4. The largest absolute Gasteiger partial charge is 0.493 e. The monoisotopic (exact) mass is 414 g/mol. The molecule has 2 aromatic carbocycles. The Bertz CT molecular complexity index is 1040. The van der Waals surface area contributed by atoms with Crippen LogP contribution in [0.4, 0.5) is 5.69 Å². The number of aromatic nitrogens is 1. The third kappa shape index (κ3) is 4.69. The first-order valence-electron chi connectivity index (χ1n) is 9.16. The quantitative estimate of drug-likeness (QED) is 0.274. The van der Waals surface area contributed by atoms with Crippen LogP contribution in [0.1, 0.15) is 6.42 Å². The Labute approximate surface area is 173 Å². The van der Waals surface area contributed by atoms with E-state index in [9.17, 15) is 10.1 Å². The number of fused-ring (bicyclic) bond motifs is 1. The van der Waals surface area contributed by atoms with E-state index in [-0.39, 0.29) is 11.4 Å². The van der Waals surface area contributed by atoms with E-state index in [2.05, 4.69) is 4.98 Å². The van der Waals surface area contributed by atoms with Gasteiger partial charge in [0, 0.05) is 49.9 Å². The summed E-state index contributed by atoms with van der Waals surface area (Å²) in [4.78, 5) is 15.0. The van der Waals surface area contributed by atoms with Crippen LogP contribution in [-0.4, -0.2) is 44.5 Å². The molecule has 0 bridgehead atoms. The zero-order valence-corrected chi connectivity index (χ0v) is 16.9. The summed E-state index contributed by atoms with van der Waals surface area (Å²) in [6, 6.07) is 9.58. The van der Waals surface area contributed by atoms with Gasteiger partial charge in [0.2, 0.25) is 5.75 Å². The first-order chi connectivity index (χ1) is 14.6. The van der Waals surface area contributed by atoms with E-state index in [4.69, 9.17) is 23.7 Å². The number of nitro groups is 1. The molecule has 0 atom stereocenters. The van der Waals surface area contributed by atoms with Gasteiger partial charge >= 0.3 is 5.69 Å². The van der Waals surface area contributed by atoms with Gasteiger partial charge in [0.1, 0.15) is 11.5 Å². The molecule has 0 unspecified atom stereocenters. The van der Waals surface area contributed by atoms with Gasteiger partial charge in [-0.25, -0.2) is 0 Å². The van der Waals surface area contributed by atoms with Crippen LogP contribution in [0.15, 0.2) is 42.6 Å². The van der Waals surface area contributed by atoms with Crippen molar-refractivity contribution in [2.45, 2.75) is 6.42 Å². The van der Waals surface area contributed by atoms with E-state index < -0.39 is 4.92 Å². The highest BCUT2D eigenvalue weighted by Crippen LogP contribution is 2.38. The average molecular weight is 414 g/mol. The van der Waals surface area contributed by atoms with Crippen molar-refractivity contribution in [2.75, 3.05) is 34.5 Å². The summed E-state index contributed by atoms with van der Waals surface area (Å²) in [7, 11) is 4.57. The SMILES string of the molecule is COCCCOc1cc2nccc(Oc3ccc([N+](=O)[O-])c(OC)c3)c2cc1OC. The fraction of sp³-hybridized carbons (Fsp3) is 0.286. The van der Waals surface area contributed by atoms with Crippen molar-refractivity contribution < 1.29 is 28.6 Å². The third-order valence-corrected chi connectivity index (χ3v) is 4.31. The Morgan fingerprint density at radius 3 is 2.43 bits per heavy atom. The van der Waals surface area contributed by atoms with Crippen molar-refractivity contribution in [2.24, 2.45) is 0 Å². The average Bonchev–Trinajstić information content (AvgIpc) is 2.76. The normalized spacial score (nSPS) is 10.6. The standard InChI is InChI=1S/C21H22N2O7/c1-26-9-4-10-29-21-13-16-15(12-20(21)28-3)18(7-8-22-16)30-14-5-6-17(23(24)25)19(11-14)27-2/h5-8,11-13H,4,9-10H2,1-3H3. The van der Waals surface area contributed by atoms with Crippen molar-refractivity contribution in [3.63, 3.8) is 0 Å². The van der Waals surface area contributed by atoms with E-state index in [0.717, 1.165) is 6.42 Å². The van der Waals surface area contributed by atoms with Crippen LogP contribution in [0.3, 0.4) is 0 Å². The van der Waals surface area contributed by atoms with E-state index in [1.165, 1.54) is 25.3 Å². The number of nitro benzene ring substituents is 1. The number of rotatable bonds is 10. The maximum Gasteiger partial charge on any atom is 0.311 e. The zero-order chi connectivity index (χ0) is 21.5. The van der Waals surface area contributed by atoms with Gasteiger partial charge in [-0.1, -0.05) is 0 Å². The second-order valence-electron chi connectivity index (χ2n) is 6.22. The number of ether oxygens (including phenoxy) is 5. The fourth-order valence-corrected chi connectivity index (χ4v) is 2.87. The number of pyridine rings is 1. The number of benzene rings is 2. The number of hydrogen-bond donors (Lipinski definition) is 0. The molecular weight excluding hydrogens is 392 g/mol. The molecule has 1 aromatic heterocycles. The molecule has 0 N–H and O–H groups in total. The highest BCUT2D eigenvalue weighted by molar-refractivity contribution is 5.88. The molecule has 9 heteroatoms. The highest BCUT2D eigenvalue weighted by atomic mass is 16.6. The topological polar surface area (TPSA) is 102 Å². The molecule has 0 aliphatic heterocycles. The Kier molecular flexibility index (Phi) is 6.87. The summed E-state index contributed by atoms with van der Waals surface area (Å²) >= 11 is 0. The second kappa shape index (κ2) is 9.75. The Morgan fingerprint density at radius 1 is 0.933 bits per heavy atom. The molecule has 0 amide bonds. The fourth-order valence-electron chi connectivity index (χ4n) is 2.87. The molecule has 0 aliphatic carbocycles. The van der Waals surface area contributed by atoms with Gasteiger partial charge in [-0.05, 0) is 18.2 Å². The molecule has 0 fully saturated rings. The molecule has 0 saturated heterocycles.